The summed E-state index contributed by atoms with van der Waals surface area (Å²) in [5.74, 6) is -1.87. The summed E-state index contributed by atoms with van der Waals surface area (Å²) in [6.07, 6.45) is 2.00. The first kappa shape index (κ1) is 19.1. The fourth-order valence-electron chi connectivity index (χ4n) is 3.18. The van der Waals surface area contributed by atoms with Crippen molar-refractivity contribution < 1.29 is 19.8 Å². The number of aliphatic hydroxyl groups is 1. The fourth-order valence-corrected chi connectivity index (χ4v) is 3.18. The van der Waals surface area contributed by atoms with E-state index in [-0.39, 0.29) is 17.9 Å². The molecule has 8 heteroatoms. The van der Waals surface area contributed by atoms with Crippen LogP contribution in [0.5, 0.6) is 0 Å². The molecule has 2 N–H and O–H groups in total. The standard InChI is InChI=1S/C17H26N4O4/c1-11(2)9-13(14(22)16(24)25)15(23)21-8-7-20(10-12(21)3)17-18-5-4-6-19-17/h4-6,11-14,22H,7-10H2,1-3H3,(H,24,25)/t12-,13+,14+/m1/s1. The predicted molar refractivity (Wildman–Crippen MR) is 92.0 cm³/mol. The van der Waals surface area contributed by atoms with Gasteiger partial charge in [0.25, 0.3) is 0 Å². The highest BCUT2D eigenvalue weighted by Crippen LogP contribution is 2.23. The minimum absolute atomic E-state index is 0.109. The van der Waals surface area contributed by atoms with Gasteiger partial charge in [0.15, 0.2) is 6.10 Å². The van der Waals surface area contributed by atoms with Crippen LogP contribution in [0.4, 0.5) is 5.95 Å². The van der Waals surface area contributed by atoms with Gasteiger partial charge in [-0.2, -0.15) is 0 Å². The number of anilines is 1. The molecule has 1 aromatic rings. The average Bonchev–Trinajstić information content (AvgIpc) is 2.59. The Kier molecular flexibility index (Phi) is 6.30. The summed E-state index contributed by atoms with van der Waals surface area (Å²) in [7, 11) is 0. The number of aromatic nitrogens is 2. The number of aliphatic hydroxyl groups excluding tert-OH is 1. The Bertz CT molecular complexity index is 596. The molecule has 8 nitrogen and oxygen atoms in total. The lowest BCUT2D eigenvalue weighted by atomic mass is 9.90. The Hall–Kier alpha value is -2.22. The van der Waals surface area contributed by atoms with Gasteiger partial charge in [-0.05, 0) is 25.3 Å². The molecule has 1 amide bonds. The van der Waals surface area contributed by atoms with E-state index in [1.54, 1.807) is 23.4 Å². The topological polar surface area (TPSA) is 107 Å². The van der Waals surface area contributed by atoms with Crippen molar-refractivity contribution in [3.05, 3.63) is 18.5 Å². The van der Waals surface area contributed by atoms with Crippen molar-refractivity contribution >= 4 is 17.8 Å². The number of nitrogens with zero attached hydrogens (tertiary/aromatic N) is 4. The second-order valence-corrected chi connectivity index (χ2v) is 6.89. The van der Waals surface area contributed by atoms with Gasteiger partial charge < -0.3 is 20.0 Å². The Morgan fingerprint density at radius 2 is 1.92 bits per heavy atom. The molecule has 1 aliphatic heterocycles. The lowest BCUT2D eigenvalue weighted by Crippen LogP contribution is -2.57. The summed E-state index contributed by atoms with van der Waals surface area (Å²) < 4.78 is 0. The van der Waals surface area contributed by atoms with Gasteiger partial charge in [0.2, 0.25) is 11.9 Å². The van der Waals surface area contributed by atoms with Crippen LogP contribution in [0, 0.1) is 11.8 Å². The fraction of sp³-hybridized carbons (Fsp3) is 0.647. The Balaban J connectivity index is 2.09. The molecule has 2 rings (SSSR count). The van der Waals surface area contributed by atoms with Gasteiger partial charge in [-0.3, -0.25) is 4.79 Å². The van der Waals surface area contributed by atoms with Crippen LogP contribution in [0.25, 0.3) is 0 Å². The largest absolute Gasteiger partial charge is 0.479 e. The van der Waals surface area contributed by atoms with E-state index in [9.17, 15) is 14.7 Å². The van der Waals surface area contributed by atoms with Crippen molar-refractivity contribution in [2.75, 3.05) is 24.5 Å². The zero-order valence-corrected chi connectivity index (χ0v) is 14.9. The van der Waals surface area contributed by atoms with Crippen LogP contribution in [0.2, 0.25) is 0 Å². The van der Waals surface area contributed by atoms with Crippen molar-refractivity contribution in [2.24, 2.45) is 11.8 Å². The third-order valence-electron chi connectivity index (χ3n) is 4.42. The number of carbonyl (C=O) groups is 2. The molecule has 1 saturated heterocycles. The highest BCUT2D eigenvalue weighted by Gasteiger charge is 2.38. The van der Waals surface area contributed by atoms with Crippen LogP contribution >= 0.6 is 0 Å². The number of aliphatic carboxylic acids is 1. The van der Waals surface area contributed by atoms with Crippen molar-refractivity contribution in [1.29, 1.82) is 0 Å². The summed E-state index contributed by atoms with van der Waals surface area (Å²) in [6, 6.07) is 1.62. The monoisotopic (exact) mass is 350 g/mol. The van der Waals surface area contributed by atoms with Crippen molar-refractivity contribution in [3.8, 4) is 0 Å². The number of hydrogen-bond acceptors (Lipinski definition) is 6. The van der Waals surface area contributed by atoms with E-state index < -0.39 is 18.0 Å². The van der Waals surface area contributed by atoms with Gasteiger partial charge in [-0.25, -0.2) is 14.8 Å². The molecule has 1 fully saturated rings. The van der Waals surface area contributed by atoms with Gasteiger partial charge in [-0.1, -0.05) is 13.8 Å². The molecule has 0 bridgehead atoms. The Morgan fingerprint density at radius 1 is 1.28 bits per heavy atom. The SMILES string of the molecule is CC(C)C[C@H](C(=O)N1CCN(c2ncccn2)C[C@H]1C)[C@H](O)C(=O)O. The summed E-state index contributed by atoms with van der Waals surface area (Å²) in [4.78, 5) is 36.2. The van der Waals surface area contributed by atoms with Crippen molar-refractivity contribution in [1.82, 2.24) is 14.9 Å². The maximum atomic E-state index is 12.9. The maximum Gasteiger partial charge on any atom is 0.333 e. The molecule has 0 saturated carbocycles. The van der Waals surface area contributed by atoms with Gasteiger partial charge >= 0.3 is 5.97 Å². The molecule has 2 heterocycles. The molecule has 25 heavy (non-hydrogen) atoms. The summed E-state index contributed by atoms with van der Waals surface area (Å²) >= 11 is 0. The number of carbonyl (C=O) groups excluding carboxylic acids is 1. The van der Waals surface area contributed by atoms with Crippen molar-refractivity contribution in [3.63, 3.8) is 0 Å². The molecule has 0 aliphatic carbocycles. The van der Waals surface area contributed by atoms with E-state index in [0.29, 0.717) is 32.0 Å². The van der Waals surface area contributed by atoms with Gasteiger partial charge in [0.05, 0.1) is 5.92 Å². The normalized spacial score (nSPS) is 20.4. The number of carboxylic acids is 1. The lowest BCUT2D eigenvalue weighted by Gasteiger charge is -2.41. The average molecular weight is 350 g/mol. The first-order valence-corrected chi connectivity index (χ1v) is 8.54. The first-order valence-electron chi connectivity index (χ1n) is 8.54. The minimum Gasteiger partial charge on any atom is -0.479 e. The van der Waals surface area contributed by atoms with E-state index in [0.717, 1.165) is 0 Å². The van der Waals surface area contributed by atoms with Crippen molar-refractivity contribution in [2.45, 2.75) is 39.3 Å². The van der Waals surface area contributed by atoms with E-state index in [1.165, 1.54) is 0 Å². The van der Waals surface area contributed by atoms with Gasteiger partial charge in [0, 0.05) is 38.1 Å². The molecule has 1 aromatic heterocycles. The summed E-state index contributed by atoms with van der Waals surface area (Å²) in [5, 5.41) is 19.1. The highest BCUT2D eigenvalue weighted by molar-refractivity contribution is 5.86. The van der Waals surface area contributed by atoms with E-state index in [2.05, 4.69) is 9.97 Å². The van der Waals surface area contributed by atoms with E-state index in [4.69, 9.17) is 5.11 Å². The Morgan fingerprint density at radius 3 is 2.44 bits per heavy atom. The van der Waals surface area contributed by atoms with Crippen LogP contribution in [0.15, 0.2) is 18.5 Å². The molecule has 0 spiro atoms. The molecule has 0 aromatic carbocycles. The van der Waals surface area contributed by atoms with Crippen LogP contribution < -0.4 is 4.90 Å². The highest BCUT2D eigenvalue weighted by atomic mass is 16.4. The summed E-state index contributed by atoms with van der Waals surface area (Å²) in [6.45, 7) is 7.29. The van der Waals surface area contributed by atoms with Crippen LogP contribution in [0.1, 0.15) is 27.2 Å². The smallest absolute Gasteiger partial charge is 0.333 e. The first-order chi connectivity index (χ1) is 11.8. The van der Waals surface area contributed by atoms with Crippen LogP contribution in [-0.2, 0) is 9.59 Å². The van der Waals surface area contributed by atoms with Crippen LogP contribution in [-0.4, -0.2) is 68.7 Å². The summed E-state index contributed by atoms with van der Waals surface area (Å²) in [5.41, 5.74) is 0. The maximum absolute atomic E-state index is 12.9. The Labute approximate surface area is 147 Å². The third-order valence-corrected chi connectivity index (χ3v) is 4.42. The van der Waals surface area contributed by atoms with E-state index in [1.807, 2.05) is 25.7 Å². The zero-order valence-electron chi connectivity index (χ0n) is 14.9. The predicted octanol–water partition coefficient (Wildman–Crippen LogP) is 0.622. The number of carboxylic acid groups (broad SMARTS) is 1. The molecular weight excluding hydrogens is 324 g/mol. The molecular formula is C17H26N4O4. The second-order valence-electron chi connectivity index (χ2n) is 6.89. The number of piperazine rings is 1. The molecule has 0 radical (unpaired) electrons. The molecule has 3 atom stereocenters. The lowest BCUT2D eigenvalue weighted by molar-refractivity contribution is -0.158. The molecule has 0 unspecified atom stereocenters. The molecule has 1 aliphatic rings. The van der Waals surface area contributed by atoms with Gasteiger partial charge in [-0.15, -0.1) is 0 Å². The quantitative estimate of drug-likeness (QED) is 0.774. The second kappa shape index (κ2) is 8.24. The number of rotatable bonds is 6. The molecule has 138 valence electrons. The minimum atomic E-state index is -1.68. The number of hydrogen-bond donors (Lipinski definition) is 2. The van der Waals surface area contributed by atoms with Crippen LogP contribution in [0.3, 0.4) is 0 Å². The third kappa shape index (κ3) is 4.66. The number of amides is 1. The zero-order chi connectivity index (χ0) is 18.6. The van der Waals surface area contributed by atoms with E-state index >= 15 is 0 Å². The van der Waals surface area contributed by atoms with Gasteiger partial charge in [0.1, 0.15) is 0 Å².